The van der Waals surface area contributed by atoms with Gasteiger partial charge in [-0.3, -0.25) is 19.5 Å². The predicted molar refractivity (Wildman–Crippen MR) is 171 cm³/mol. The number of anilines is 2. The molecule has 43 heavy (non-hydrogen) atoms. The number of imidazole rings is 1. The fourth-order valence-electron chi connectivity index (χ4n) is 5.49. The lowest BCUT2D eigenvalue weighted by atomic mass is 10.1. The Balaban J connectivity index is 1.47. The molecule has 0 radical (unpaired) electrons. The van der Waals surface area contributed by atoms with E-state index in [1.54, 1.807) is 24.0 Å². The van der Waals surface area contributed by atoms with Gasteiger partial charge in [0.25, 0.3) is 0 Å². The summed E-state index contributed by atoms with van der Waals surface area (Å²) in [5.74, 6) is 1.64. The zero-order chi connectivity index (χ0) is 30.5. The van der Waals surface area contributed by atoms with E-state index in [0.717, 1.165) is 64.2 Å². The van der Waals surface area contributed by atoms with Gasteiger partial charge in [0.1, 0.15) is 17.6 Å². The van der Waals surface area contributed by atoms with Crippen molar-refractivity contribution in [2.45, 2.75) is 77.0 Å². The number of rotatable bonds is 7. The topological polar surface area (TPSA) is 124 Å². The molecule has 12 heteroatoms. The second-order valence-corrected chi connectivity index (χ2v) is 15.0. The van der Waals surface area contributed by atoms with Crippen molar-refractivity contribution in [3.8, 4) is 0 Å². The highest BCUT2D eigenvalue weighted by molar-refractivity contribution is 8.14. The van der Waals surface area contributed by atoms with Crippen LogP contribution in [0.25, 0.3) is 11.2 Å². The van der Waals surface area contributed by atoms with Crippen LogP contribution >= 0.6 is 11.8 Å². The first-order valence-electron chi connectivity index (χ1n) is 14.5. The van der Waals surface area contributed by atoms with Crippen molar-refractivity contribution >= 4 is 49.2 Å². The Kier molecular flexibility index (Phi) is 7.80. The predicted octanol–water partition coefficient (Wildman–Crippen LogP) is 5.86. The minimum atomic E-state index is -3.58. The summed E-state index contributed by atoms with van der Waals surface area (Å²) >= 11 is 1.65. The highest BCUT2D eigenvalue weighted by atomic mass is 32.2. The van der Waals surface area contributed by atoms with E-state index in [2.05, 4.69) is 28.7 Å². The Morgan fingerprint density at radius 1 is 1.05 bits per heavy atom. The molecule has 3 aromatic heterocycles. The highest BCUT2D eigenvalue weighted by Crippen LogP contribution is 2.36. The maximum Gasteiger partial charge on any atom is 0.177 e. The number of hydrogen-bond acceptors (Lipinski definition) is 10. The average Bonchev–Trinajstić information content (AvgIpc) is 3.49. The van der Waals surface area contributed by atoms with Crippen LogP contribution in [0.15, 0.2) is 40.4 Å². The largest absolute Gasteiger partial charge is 0.358 e. The molecule has 4 aromatic rings. The van der Waals surface area contributed by atoms with Gasteiger partial charge >= 0.3 is 0 Å². The Bertz CT molecular complexity index is 1860. The van der Waals surface area contributed by atoms with E-state index in [1.807, 2.05) is 39.0 Å². The Morgan fingerprint density at radius 2 is 1.86 bits per heavy atom. The van der Waals surface area contributed by atoms with Gasteiger partial charge in [-0.05, 0) is 72.1 Å². The number of thioether (sulfide) groups is 1. The third-order valence-corrected chi connectivity index (χ3v) is 10.4. The lowest BCUT2D eigenvalue weighted by molar-refractivity contribution is -0.0309. The summed E-state index contributed by atoms with van der Waals surface area (Å²) in [5, 5.41) is 4.28. The SMILES string of the molecule is Cc1ncc(Cc2cc(Nc3ccc(C4=NC(C)(C)CS4)cc3S(C)(=O)=O)c3nc(C)n(C4CCCCO4)c3n2)nc1C. The molecule has 226 valence electrons. The number of ether oxygens (including phenoxy) is 1. The number of fused-ring (bicyclic) bond motifs is 1. The van der Waals surface area contributed by atoms with Crippen molar-refractivity contribution < 1.29 is 13.2 Å². The molecule has 1 saturated heterocycles. The zero-order valence-electron chi connectivity index (χ0n) is 25.4. The summed E-state index contributed by atoms with van der Waals surface area (Å²) in [7, 11) is -3.58. The zero-order valence-corrected chi connectivity index (χ0v) is 27.1. The van der Waals surface area contributed by atoms with Crippen LogP contribution in [0.3, 0.4) is 0 Å². The van der Waals surface area contributed by atoms with Crippen LogP contribution in [-0.4, -0.2) is 62.1 Å². The van der Waals surface area contributed by atoms with Gasteiger partial charge in [0, 0.05) is 36.8 Å². The molecule has 1 fully saturated rings. The first-order valence-corrected chi connectivity index (χ1v) is 17.4. The van der Waals surface area contributed by atoms with Gasteiger partial charge in [-0.2, -0.15) is 0 Å². The van der Waals surface area contributed by atoms with Gasteiger partial charge in [-0.1, -0.05) is 6.07 Å². The smallest absolute Gasteiger partial charge is 0.177 e. The molecule has 0 spiro atoms. The molecule has 1 aromatic carbocycles. The molecule has 6 rings (SSSR count). The molecule has 2 aliphatic heterocycles. The van der Waals surface area contributed by atoms with Crippen molar-refractivity contribution in [1.82, 2.24) is 24.5 Å². The van der Waals surface area contributed by atoms with E-state index >= 15 is 0 Å². The van der Waals surface area contributed by atoms with E-state index in [1.165, 1.54) is 6.26 Å². The summed E-state index contributed by atoms with van der Waals surface area (Å²) in [5.41, 5.74) is 6.43. The van der Waals surface area contributed by atoms with Gasteiger partial charge < -0.3 is 10.1 Å². The molecule has 0 amide bonds. The maximum absolute atomic E-state index is 13.1. The minimum absolute atomic E-state index is 0.157. The van der Waals surface area contributed by atoms with Crippen molar-refractivity contribution in [2.24, 2.45) is 4.99 Å². The van der Waals surface area contributed by atoms with Crippen LogP contribution in [0.1, 0.15) is 73.5 Å². The second-order valence-electron chi connectivity index (χ2n) is 12.0. The standard InChI is InChI=1S/C31H37N7O3S2/c1-18-19(2)33-23(16-32-18)14-22-15-25(28-29(35-22)38(20(3)34-28)27-9-7-8-12-41-27)36-24-11-10-21(13-26(24)43(6,39)40)30-37-31(4,5)17-42-30/h10-11,13,15-16,27H,7-9,12,14,17H2,1-6H3,(H,35,36). The fourth-order valence-corrected chi connectivity index (χ4v) is 7.50. The molecular formula is C31H37N7O3S2. The van der Waals surface area contributed by atoms with E-state index in [-0.39, 0.29) is 16.7 Å². The number of nitrogens with one attached hydrogen (secondary N) is 1. The Hall–Kier alpha value is -3.35. The number of nitrogens with zero attached hydrogens (tertiary/aromatic N) is 6. The minimum Gasteiger partial charge on any atom is -0.358 e. The first kappa shape index (κ1) is 29.7. The quantitative estimate of drug-likeness (QED) is 0.271. The van der Waals surface area contributed by atoms with Crippen LogP contribution in [-0.2, 0) is 21.0 Å². The number of pyridine rings is 1. The highest BCUT2D eigenvalue weighted by Gasteiger charge is 2.28. The third-order valence-electron chi connectivity index (χ3n) is 7.79. The third kappa shape index (κ3) is 6.18. The van der Waals surface area contributed by atoms with Crippen molar-refractivity contribution in [3.05, 3.63) is 64.6 Å². The Labute approximate surface area is 256 Å². The van der Waals surface area contributed by atoms with Gasteiger partial charge in [-0.25, -0.2) is 18.4 Å². The van der Waals surface area contributed by atoms with E-state index in [0.29, 0.717) is 35.6 Å². The second kappa shape index (κ2) is 11.3. The number of sulfone groups is 1. The fraction of sp³-hybridized carbons (Fsp3) is 0.452. The molecule has 2 aliphatic rings. The molecule has 1 atom stereocenters. The summed E-state index contributed by atoms with van der Waals surface area (Å²) in [6, 6.07) is 7.38. The van der Waals surface area contributed by atoms with Gasteiger partial charge in [0.2, 0.25) is 0 Å². The van der Waals surface area contributed by atoms with E-state index in [4.69, 9.17) is 24.7 Å². The molecule has 0 aliphatic carbocycles. The van der Waals surface area contributed by atoms with Gasteiger partial charge in [0.15, 0.2) is 15.5 Å². The summed E-state index contributed by atoms with van der Waals surface area (Å²) in [4.78, 5) is 24.2. The van der Waals surface area contributed by atoms with Gasteiger partial charge in [-0.15, -0.1) is 11.8 Å². The van der Waals surface area contributed by atoms with Crippen molar-refractivity contribution in [1.29, 1.82) is 0 Å². The molecule has 1 unspecified atom stereocenters. The van der Waals surface area contributed by atoms with E-state index < -0.39 is 9.84 Å². The van der Waals surface area contributed by atoms with Gasteiger partial charge in [0.05, 0.1) is 49.6 Å². The van der Waals surface area contributed by atoms with Crippen LogP contribution < -0.4 is 5.32 Å². The number of hydrogen-bond donors (Lipinski definition) is 1. The average molecular weight is 620 g/mol. The molecular weight excluding hydrogens is 583 g/mol. The van der Waals surface area contributed by atoms with Crippen LogP contribution in [0.5, 0.6) is 0 Å². The normalized spacial score (nSPS) is 18.7. The first-order chi connectivity index (χ1) is 20.4. The number of aryl methyl sites for hydroxylation is 3. The lowest BCUT2D eigenvalue weighted by Crippen LogP contribution is -2.19. The van der Waals surface area contributed by atoms with Crippen LogP contribution in [0.4, 0.5) is 11.4 Å². The molecule has 1 N–H and O–H groups in total. The van der Waals surface area contributed by atoms with Crippen LogP contribution in [0, 0.1) is 20.8 Å². The number of aromatic nitrogens is 5. The molecule has 10 nitrogen and oxygen atoms in total. The van der Waals surface area contributed by atoms with Crippen LogP contribution in [0.2, 0.25) is 0 Å². The Morgan fingerprint density at radius 3 is 2.53 bits per heavy atom. The summed E-state index contributed by atoms with van der Waals surface area (Å²) in [6.45, 7) is 10.7. The van der Waals surface area contributed by atoms with E-state index in [9.17, 15) is 8.42 Å². The summed E-state index contributed by atoms with van der Waals surface area (Å²) in [6.07, 6.45) is 6.29. The van der Waals surface area contributed by atoms with Crippen molar-refractivity contribution in [3.63, 3.8) is 0 Å². The molecule has 0 saturated carbocycles. The molecule has 5 heterocycles. The number of benzene rings is 1. The lowest BCUT2D eigenvalue weighted by Gasteiger charge is -2.25. The van der Waals surface area contributed by atoms with Crippen molar-refractivity contribution in [2.75, 3.05) is 23.9 Å². The number of aliphatic imine (C=N–C) groups is 1. The maximum atomic E-state index is 13.1. The molecule has 0 bridgehead atoms. The monoisotopic (exact) mass is 619 g/mol. The summed E-state index contributed by atoms with van der Waals surface area (Å²) < 4.78 is 34.4.